The van der Waals surface area contributed by atoms with Crippen molar-refractivity contribution < 1.29 is 19.4 Å². The van der Waals surface area contributed by atoms with Crippen molar-refractivity contribution in [1.29, 1.82) is 0 Å². The molecule has 1 aliphatic heterocycles. The average Bonchev–Trinajstić information content (AvgIpc) is 2.85. The van der Waals surface area contributed by atoms with Crippen LogP contribution in [0.3, 0.4) is 0 Å². The van der Waals surface area contributed by atoms with Crippen molar-refractivity contribution in [1.82, 2.24) is 5.32 Å². The summed E-state index contributed by atoms with van der Waals surface area (Å²) in [7, 11) is 1.42. The molecular weight excluding hydrogens is 412 g/mol. The van der Waals surface area contributed by atoms with Crippen LogP contribution in [0.15, 0.2) is 46.6 Å². The molecule has 3 rings (SSSR count). The Labute approximate surface area is 156 Å². The molecule has 6 nitrogen and oxygen atoms in total. The predicted molar refractivity (Wildman–Crippen MR) is 97.8 cm³/mol. The summed E-state index contributed by atoms with van der Waals surface area (Å²) < 4.78 is 5.61. The quantitative estimate of drug-likeness (QED) is 0.579. The number of phenolic OH excluding ortho intramolecular Hbond substituents is 1. The summed E-state index contributed by atoms with van der Waals surface area (Å²) in [6.45, 7) is 0. The Hall–Kier alpha value is -2.51. The number of anilines is 1. The van der Waals surface area contributed by atoms with Crippen LogP contribution in [0.1, 0.15) is 5.56 Å². The summed E-state index contributed by atoms with van der Waals surface area (Å²) in [6, 6.07) is 8.81. The minimum atomic E-state index is -0.555. The van der Waals surface area contributed by atoms with E-state index >= 15 is 0 Å². The predicted octanol–water partition coefficient (Wildman–Crippen LogP) is 3.91. The van der Waals surface area contributed by atoms with Gasteiger partial charge in [0, 0.05) is 9.50 Å². The van der Waals surface area contributed by atoms with E-state index in [9.17, 15) is 14.7 Å². The second-order valence-corrected chi connectivity index (χ2v) is 6.44. The highest BCUT2D eigenvalue weighted by molar-refractivity contribution is 9.10. The third kappa shape index (κ3) is 3.33. The molecule has 0 aromatic heterocycles. The number of amides is 3. The lowest BCUT2D eigenvalue weighted by molar-refractivity contribution is -0.113. The van der Waals surface area contributed by atoms with E-state index in [1.807, 2.05) is 0 Å². The SMILES string of the molecule is COc1cc(/C=C2/NC(=O)N(c3ccc(Cl)cc3)C2=O)c(Br)cc1O. The van der Waals surface area contributed by atoms with Crippen molar-refractivity contribution in [3.63, 3.8) is 0 Å². The van der Waals surface area contributed by atoms with Gasteiger partial charge in [-0.2, -0.15) is 0 Å². The number of rotatable bonds is 3. The van der Waals surface area contributed by atoms with E-state index in [0.717, 1.165) is 4.90 Å². The van der Waals surface area contributed by atoms with Crippen LogP contribution in [-0.2, 0) is 4.79 Å². The molecule has 8 heteroatoms. The van der Waals surface area contributed by atoms with Crippen molar-refractivity contribution in [3.05, 3.63) is 57.2 Å². The Morgan fingerprint density at radius 3 is 2.56 bits per heavy atom. The molecule has 1 fully saturated rings. The summed E-state index contributed by atoms with van der Waals surface area (Å²) in [5.74, 6) is -0.284. The molecule has 1 aliphatic rings. The molecule has 25 heavy (non-hydrogen) atoms. The lowest BCUT2D eigenvalue weighted by Crippen LogP contribution is -2.30. The minimum Gasteiger partial charge on any atom is -0.504 e. The maximum atomic E-state index is 12.6. The Kier molecular flexibility index (Phi) is 4.69. The van der Waals surface area contributed by atoms with E-state index in [1.54, 1.807) is 30.3 Å². The highest BCUT2D eigenvalue weighted by atomic mass is 79.9. The van der Waals surface area contributed by atoms with Crippen LogP contribution in [0.5, 0.6) is 11.5 Å². The molecule has 0 atom stereocenters. The van der Waals surface area contributed by atoms with Gasteiger partial charge < -0.3 is 15.2 Å². The molecule has 2 N–H and O–H groups in total. The molecule has 0 saturated carbocycles. The van der Waals surface area contributed by atoms with Crippen molar-refractivity contribution in [2.75, 3.05) is 12.0 Å². The van der Waals surface area contributed by atoms with Gasteiger partial charge in [-0.25, -0.2) is 9.69 Å². The van der Waals surface area contributed by atoms with Gasteiger partial charge in [-0.1, -0.05) is 27.5 Å². The number of benzene rings is 2. The highest BCUT2D eigenvalue weighted by Crippen LogP contribution is 2.34. The number of phenols is 1. The van der Waals surface area contributed by atoms with Crippen molar-refractivity contribution >= 4 is 51.2 Å². The summed E-state index contributed by atoms with van der Waals surface area (Å²) in [5, 5.41) is 12.8. The van der Waals surface area contributed by atoms with Crippen LogP contribution < -0.4 is 15.0 Å². The zero-order chi connectivity index (χ0) is 18.1. The number of nitrogens with one attached hydrogen (secondary N) is 1. The second-order valence-electron chi connectivity index (χ2n) is 5.15. The first kappa shape index (κ1) is 17.3. The van der Waals surface area contributed by atoms with Gasteiger partial charge >= 0.3 is 6.03 Å². The number of aromatic hydroxyl groups is 1. The van der Waals surface area contributed by atoms with Crippen LogP contribution in [-0.4, -0.2) is 24.2 Å². The molecular formula is C17H12BrClN2O4. The topological polar surface area (TPSA) is 78.9 Å². The van der Waals surface area contributed by atoms with E-state index in [2.05, 4.69) is 21.2 Å². The van der Waals surface area contributed by atoms with E-state index in [1.165, 1.54) is 19.3 Å². The standard InChI is InChI=1S/C17H12BrClN2O4/c1-25-15-7-9(12(18)8-14(15)22)6-13-16(23)21(17(24)20-13)11-4-2-10(19)3-5-11/h2-8,22H,1H3,(H,20,24)/b13-6+. The van der Waals surface area contributed by atoms with Gasteiger partial charge in [0.15, 0.2) is 11.5 Å². The molecule has 1 saturated heterocycles. The van der Waals surface area contributed by atoms with E-state index < -0.39 is 11.9 Å². The maximum absolute atomic E-state index is 12.6. The Bertz CT molecular complexity index is 896. The molecule has 0 radical (unpaired) electrons. The molecule has 2 aromatic rings. The summed E-state index contributed by atoms with van der Waals surface area (Å²) in [4.78, 5) is 25.8. The third-order valence-electron chi connectivity index (χ3n) is 3.56. The fourth-order valence-corrected chi connectivity index (χ4v) is 2.92. The smallest absolute Gasteiger partial charge is 0.333 e. The van der Waals surface area contributed by atoms with Gasteiger partial charge in [-0.05, 0) is 48.0 Å². The first-order valence-corrected chi connectivity index (χ1v) is 8.27. The van der Waals surface area contributed by atoms with Gasteiger partial charge in [0.1, 0.15) is 5.70 Å². The van der Waals surface area contributed by atoms with Crippen molar-refractivity contribution in [3.8, 4) is 11.5 Å². The first-order chi connectivity index (χ1) is 11.9. The highest BCUT2D eigenvalue weighted by Gasteiger charge is 2.35. The van der Waals surface area contributed by atoms with Gasteiger partial charge in [0.05, 0.1) is 12.8 Å². The lowest BCUT2D eigenvalue weighted by atomic mass is 10.1. The molecule has 0 unspecified atom stereocenters. The number of nitrogens with zero attached hydrogens (tertiary/aromatic N) is 1. The van der Waals surface area contributed by atoms with Gasteiger partial charge in [0.25, 0.3) is 5.91 Å². The fraction of sp³-hybridized carbons (Fsp3) is 0.0588. The maximum Gasteiger partial charge on any atom is 0.333 e. The molecule has 1 heterocycles. The number of methoxy groups -OCH3 is 1. The number of carbonyl (C=O) groups excluding carboxylic acids is 2. The zero-order valence-corrected chi connectivity index (χ0v) is 15.3. The summed E-state index contributed by atoms with van der Waals surface area (Å²) in [5.41, 5.74) is 1.09. The summed E-state index contributed by atoms with van der Waals surface area (Å²) in [6.07, 6.45) is 1.50. The first-order valence-electron chi connectivity index (χ1n) is 7.10. The van der Waals surface area contributed by atoms with Crippen molar-refractivity contribution in [2.24, 2.45) is 0 Å². The van der Waals surface area contributed by atoms with Gasteiger partial charge in [-0.15, -0.1) is 0 Å². The second kappa shape index (κ2) is 6.78. The lowest BCUT2D eigenvalue weighted by Gasteiger charge is -2.11. The number of imide groups is 1. The number of hydrogen-bond donors (Lipinski definition) is 2. The largest absolute Gasteiger partial charge is 0.504 e. The Morgan fingerprint density at radius 2 is 1.92 bits per heavy atom. The number of urea groups is 1. The molecule has 0 aliphatic carbocycles. The van der Waals surface area contributed by atoms with Crippen LogP contribution in [0.25, 0.3) is 6.08 Å². The normalized spacial score (nSPS) is 15.6. The van der Waals surface area contributed by atoms with Crippen molar-refractivity contribution in [2.45, 2.75) is 0 Å². The molecule has 3 amide bonds. The molecule has 0 bridgehead atoms. The monoisotopic (exact) mass is 422 g/mol. The van der Waals surface area contributed by atoms with Crippen LogP contribution >= 0.6 is 27.5 Å². The van der Waals surface area contributed by atoms with Gasteiger partial charge in [0.2, 0.25) is 0 Å². The number of carbonyl (C=O) groups is 2. The number of hydrogen-bond acceptors (Lipinski definition) is 4. The average molecular weight is 424 g/mol. The van der Waals surface area contributed by atoms with Crippen LogP contribution in [0.2, 0.25) is 5.02 Å². The minimum absolute atomic E-state index is 0.0406. The van der Waals surface area contributed by atoms with E-state index in [0.29, 0.717) is 20.7 Å². The zero-order valence-electron chi connectivity index (χ0n) is 12.9. The number of halogens is 2. The Morgan fingerprint density at radius 1 is 1.24 bits per heavy atom. The van der Waals surface area contributed by atoms with Crippen LogP contribution in [0.4, 0.5) is 10.5 Å². The van der Waals surface area contributed by atoms with Crippen LogP contribution in [0, 0.1) is 0 Å². The Balaban J connectivity index is 1.97. The fourth-order valence-electron chi connectivity index (χ4n) is 2.35. The summed E-state index contributed by atoms with van der Waals surface area (Å²) >= 11 is 9.14. The van der Waals surface area contributed by atoms with E-state index in [-0.39, 0.29) is 17.2 Å². The number of ether oxygens (including phenoxy) is 1. The van der Waals surface area contributed by atoms with E-state index in [4.69, 9.17) is 16.3 Å². The van der Waals surface area contributed by atoms with Gasteiger partial charge in [-0.3, -0.25) is 4.79 Å². The molecule has 0 spiro atoms. The molecule has 2 aromatic carbocycles. The molecule has 128 valence electrons. The third-order valence-corrected chi connectivity index (χ3v) is 4.50.